The normalized spacial score (nSPS) is 18.7. The Balaban J connectivity index is 1.65. The molecule has 5 heteroatoms. The van der Waals surface area contributed by atoms with Crippen LogP contribution in [-0.4, -0.2) is 48.9 Å². The fourth-order valence-corrected chi connectivity index (χ4v) is 3.46. The van der Waals surface area contributed by atoms with Crippen LogP contribution in [0.2, 0.25) is 0 Å². The summed E-state index contributed by atoms with van der Waals surface area (Å²) in [6.07, 6.45) is 4.35. The van der Waals surface area contributed by atoms with Gasteiger partial charge in [0, 0.05) is 19.5 Å². The van der Waals surface area contributed by atoms with Crippen LogP contribution in [0.3, 0.4) is 0 Å². The van der Waals surface area contributed by atoms with Gasteiger partial charge in [0.15, 0.2) is 6.10 Å². The highest BCUT2D eigenvalue weighted by Gasteiger charge is 2.17. The van der Waals surface area contributed by atoms with Crippen LogP contribution in [0.4, 0.5) is 0 Å². The van der Waals surface area contributed by atoms with Crippen molar-refractivity contribution in [1.82, 2.24) is 10.2 Å². The number of aryl methyl sites for hydroxylation is 1. The Bertz CT molecular complexity index is 600. The van der Waals surface area contributed by atoms with E-state index in [0.717, 1.165) is 30.9 Å². The van der Waals surface area contributed by atoms with Gasteiger partial charge in [-0.05, 0) is 76.2 Å². The molecule has 5 nitrogen and oxygen atoms in total. The lowest BCUT2D eigenvalue weighted by atomic mass is 10.0. The number of benzene rings is 1. The number of amides is 1. The van der Waals surface area contributed by atoms with Crippen molar-refractivity contribution in [1.29, 1.82) is 0 Å². The zero-order chi connectivity index (χ0) is 19.6. The lowest BCUT2D eigenvalue weighted by Crippen LogP contribution is -2.39. The fraction of sp³-hybridized carbons (Fsp3) is 0.636. The maximum absolute atomic E-state index is 12.2. The molecule has 0 spiro atoms. The Kier molecular flexibility index (Phi) is 8.79. The number of nitrogens with one attached hydrogen (secondary N) is 1. The van der Waals surface area contributed by atoms with Crippen LogP contribution in [0.1, 0.15) is 52.0 Å². The predicted molar refractivity (Wildman–Crippen MR) is 108 cm³/mol. The van der Waals surface area contributed by atoms with E-state index in [4.69, 9.17) is 4.74 Å². The second kappa shape index (κ2) is 11.1. The number of likely N-dealkylation sites (tertiary alicyclic amines) is 1. The number of nitrogens with zero attached hydrogens (tertiary/aromatic N) is 1. The first-order valence-corrected chi connectivity index (χ1v) is 10.2. The molecule has 1 N–H and O–H groups in total. The van der Waals surface area contributed by atoms with E-state index in [2.05, 4.69) is 17.1 Å². The Morgan fingerprint density at radius 3 is 2.70 bits per heavy atom. The number of carbonyl (C=O) groups is 2. The first-order chi connectivity index (χ1) is 12.9. The minimum atomic E-state index is -0.525. The number of carbonyl (C=O) groups excluding carboxylic acids is 2. The molecule has 0 aromatic heterocycles. The predicted octanol–water partition coefficient (Wildman–Crippen LogP) is 3.21. The molecule has 1 aromatic carbocycles. The van der Waals surface area contributed by atoms with Gasteiger partial charge in [-0.1, -0.05) is 19.1 Å². The summed E-state index contributed by atoms with van der Waals surface area (Å²) in [5.74, 6) is 1.57. The molecule has 27 heavy (non-hydrogen) atoms. The van der Waals surface area contributed by atoms with Crippen molar-refractivity contribution in [2.75, 3.05) is 26.2 Å². The van der Waals surface area contributed by atoms with Crippen molar-refractivity contribution < 1.29 is 14.3 Å². The van der Waals surface area contributed by atoms with E-state index in [1.54, 1.807) is 13.8 Å². The first-order valence-electron chi connectivity index (χ1n) is 10.2. The molecule has 1 saturated heterocycles. The summed E-state index contributed by atoms with van der Waals surface area (Å²) in [5.41, 5.74) is 1.10. The van der Waals surface area contributed by atoms with E-state index < -0.39 is 6.10 Å². The summed E-state index contributed by atoms with van der Waals surface area (Å²) in [6, 6.07) is 7.61. The molecule has 2 unspecified atom stereocenters. The molecule has 2 rings (SSSR count). The van der Waals surface area contributed by atoms with Crippen LogP contribution in [0.25, 0.3) is 0 Å². The number of ketones is 1. The van der Waals surface area contributed by atoms with Gasteiger partial charge < -0.3 is 19.7 Å². The van der Waals surface area contributed by atoms with Crippen molar-refractivity contribution >= 4 is 11.7 Å². The number of hydrogen-bond acceptors (Lipinski definition) is 4. The van der Waals surface area contributed by atoms with E-state index in [0.29, 0.717) is 18.7 Å². The molecule has 2 atom stereocenters. The van der Waals surface area contributed by atoms with Crippen molar-refractivity contribution in [2.24, 2.45) is 5.92 Å². The van der Waals surface area contributed by atoms with Gasteiger partial charge >= 0.3 is 0 Å². The number of Topliss-reactive ketones (excluding diaryl/α,β-unsaturated/α-hetero) is 1. The molecule has 1 aromatic rings. The van der Waals surface area contributed by atoms with E-state index in [9.17, 15) is 9.59 Å². The van der Waals surface area contributed by atoms with Crippen molar-refractivity contribution in [3.8, 4) is 5.75 Å². The zero-order valence-corrected chi connectivity index (χ0v) is 17.0. The van der Waals surface area contributed by atoms with Crippen molar-refractivity contribution in [2.45, 2.75) is 59.0 Å². The summed E-state index contributed by atoms with van der Waals surface area (Å²) in [5, 5.41) is 2.97. The highest BCUT2D eigenvalue weighted by Crippen LogP contribution is 2.16. The quantitative estimate of drug-likeness (QED) is 0.639. The second-order valence-electron chi connectivity index (χ2n) is 7.80. The van der Waals surface area contributed by atoms with Gasteiger partial charge in [0.2, 0.25) is 0 Å². The Labute approximate surface area is 163 Å². The van der Waals surface area contributed by atoms with E-state index in [1.165, 1.54) is 25.9 Å². The molecule has 1 aliphatic rings. The summed E-state index contributed by atoms with van der Waals surface area (Å²) in [6.45, 7) is 9.76. The molecule has 1 fully saturated rings. The van der Waals surface area contributed by atoms with Crippen LogP contribution in [-0.2, 0) is 16.0 Å². The smallest absolute Gasteiger partial charge is 0.260 e. The molecule has 0 radical (unpaired) electrons. The number of hydrogen-bond donors (Lipinski definition) is 1. The number of rotatable bonds is 10. The highest BCUT2D eigenvalue weighted by atomic mass is 16.5. The van der Waals surface area contributed by atoms with Gasteiger partial charge in [0.1, 0.15) is 11.5 Å². The second-order valence-corrected chi connectivity index (χ2v) is 7.80. The lowest BCUT2D eigenvalue weighted by Gasteiger charge is -2.30. The van der Waals surface area contributed by atoms with Crippen LogP contribution in [0.15, 0.2) is 24.3 Å². The molecule has 1 heterocycles. The maximum Gasteiger partial charge on any atom is 0.260 e. The Hall–Kier alpha value is -1.88. The topological polar surface area (TPSA) is 58.6 Å². The van der Waals surface area contributed by atoms with Crippen molar-refractivity contribution in [3.05, 3.63) is 29.8 Å². The third kappa shape index (κ3) is 8.12. The largest absolute Gasteiger partial charge is 0.481 e. The third-order valence-electron chi connectivity index (χ3n) is 5.06. The summed E-state index contributed by atoms with van der Waals surface area (Å²) >= 11 is 0. The standard InChI is InChI=1S/C22H34N2O3/c1-17-6-4-14-24(16-17)15-5-13-23-22(26)19(3)27-21-11-9-20(10-12-21)8-7-18(2)25/h9-12,17,19H,4-8,13-16H2,1-3H3,(H,23,26). The minimum absolute atomic E-state index is 0.0809. The van der Waals surface area contributed by atoms with Crippen LogP contribution in [0, 0.1) is 5.92 Å². The summed E-state index contributed by atoms with van der Waals surface area (Å²) < 4.78 is 5.73. The third-order valence-corrected chi connectivity index (χ3v) is 5.06. The SMILES string of the molecule is CC(=O)CCc1ccc(OC(C)C(=O)NCCCN2CCCC(C)C2)cc1. The van der Waals surface area contributed by atoms with Crippen molar-refractivity contribution in [3.63, 3.8) is 0 Å². The van der Waals surface area contributed by atoms with E-state index in [1.807, 2.05) is 24.3 Å². The van der Waals surface area contributed by atoms with Crippen LogP contribution >= 0.6 is 0 Å². The van der Waals surface area contributed by atoms with Gasteiger partial charge in [0.25, 0.3) is 5.91 Å². The van der Waals surface area contributed by atoms with Gasteiger partial charge in [-0.25, -0.2) is 0 Å². The summed E-state index contributed by atoms with van der Waals surface area (Å²) in [4.78, 5) is 25.7. The molecular weight excluding hydrogens is 340 g/mol. The molecule has 1 aliphatic heterocycles. The molecule has 0 aliphatic carbocycles. The van der Waals surface area contributed by atoms with Gasteiger partial charge in [0.05, 0.1) is 0 Å². The monoisotopic (exact) mass is 374 g/mol. The van der Waals surface area contributed by atoms with E-state index >= 15 is 0 Å². The van der Waals surface area contributed by atoms with Crippen LogP contribution < -0.4 is 10.1 Å². The Morgan fingerprint density at radius 1 is 1.30 bits per heavy atom. The minimum Gasteiger partial charge on any atom is -0.481 e. The van der Waals surface area contributed by atoms with Gasteiger partial charge in [-0.3, -0.25) is 4.79 Å². The van der Waals surface area contributed by atoms with Gasteiger partial charge in [-0.2, -0.15) is 0 Å². The molecule has 150 valence electrons. The zero-order valence-electron chi connectivity index (χ0n) is 17.0. The fourth-order valence-electron chi connectivity index (χ4n) is 3.46. The molecule has 0 saturated carbocycles. The average molecular weight is 375 g/mol. The average Bonchev–Trinajstić information content (AvgIpc) is 2.64. The lowest BCUT2D eigenvalue weighted by molar-refractivity contribution is -0.127. The summed E-state index contributed by atoms with van der Waals surface area (Å²) in [7, 11) is 0. The molecule has 1 amide bonds. The van der Waals surface area contributed by atoms with E-state index in [-0.39, 0.29) is 11.7 Å². The highest BCUT2D eigenvalue weighted by molar-refractivity contribution is 5.80. The molecular formula is C22H34N2O3. The first kappa shape index (κ1) is 21.4. The maximum atomic E-state index is 12.2. The molecule has 0 bridgehead atoms. The van der Waals surface area contributed by atoms with Gasteiger partial charge in [-0.15, -0.1) is 0 Å². The number of piperidine rings is 1. The van der Waals surface area contributed by atoms with Crippen LogP contribution in [0.5, 0.6) is 5.75 Å². The Morgan fingerprint density at radius 2 is 2.04 bits per heavy atom. The number of ether oxygens (including phenoxy) is 1.